The lowest BCUT2D eigenvalue weighted by Gasteiger charge is -2.19. The van der Waals surface area contributed by atoms with E-state index in [-0.39, 0.29) is 24.0 Å². The fourth-order valence-corrected chi connectivity index (χ4v) is 3.22. The number of halogens is 1. The third-order valence-electron chi connectivity index (χ3n) is 4.75. The number of furan rings is 1. The number of carbonyl (C=O) groups is 1. The van der Waals surface area contributed by atoms with Crippen LogP contribution in [0.5, 0.6) is 0 Å². The summed E-state index contributed by atoms with van der Waals surface area (Å²) in [5, 5.41) is 6.67. The normalized spacial score (nSPS) is 11.0. The van der Waals surface area contributed by atoms with Crippen molar-refractivity contribution in [3.63, 3.8) is 0 Å². The molecule has 0 bridgehead atoms. The maximum absolute atomic E-state index is 13.0. The van der Waals surface area contributed by atoms with Crippen LogP contribution < -0.4 is 5.32 Å². The van der Waals surface area contributed by atoms with Gasteiger partial charge in [0.1, 0.15) is 11.6 Å². The summed E-state index contributed by atoms with van der Waals surface area (Å²) in [5.41, 5.74) is 2.16. The largest absolute Gasteiger partial charge is 0.468 e. The Hall–Kier alpha value is -3.71. The van der Waals surface area contributed by atoms with E-state index in [4.69, 9.17) is 8.94 Å². The van der Waals surface area contributed by atoms with Gasteiger partial charge in [-0.05, 0) is 35.4 Å². The average molecular weight is 419 g/mol. The predicted molar refractivity (Wildman–Crippen MR) is 112 cm³/mol. The average Bonchev–Trinajstić information content (AvgIpc) is 3.46. The predicted octanol–water partition coefficient (Wildman–Crippen LogP) is 4.54. The Bertz CT molecular complexity index is 1090. The zero-order valence-electron chi connectivity index (χ0n) is 16.8. The third kappa shape index (κ3) is 5.90. The minimum atomic E-state index is -0.347. The summed E-state index contributed by atoms with van der Waals surface area (Å²) in [4.78, 5) is 14.5. The zero-order chi connectivity index (χ0) is 21.5. The third-order valence-corrected chi connectivity index (χ3v) is 4.75. The molecule has 0 saturated carbocycles. The summed E-state index contributed by atoms with van der Waals surface area (Å²) in [6.45, 7) is 2.02. The topological polar surface area (TPSA) is 71.5 Å². The van der Waals surface area contributed by atoms with Crippen molar-refractivity contribution < 1.29 is 18.1 Å². The van der Waals surface area contributed by atoms with E-state index >= 15 is 0 Å². The van der Waals surface area contributed by atoms with Crippen LogP contribution in [0, 0.1) is 5.82 Å². The second kappa shape index (κ2) is 9.86. The lowest BCUT2D eigenvalue weighted by atomic mass is 10.2. The first-order chi connectivity index (χ1) is 15.2. The van der Waals surface area contributed by atoms with Crippen molar-refractivity contribution in [3.8, 4) is 0 Å². The number of nitrogens with one attached hydrogen (secondary N) is 1. The van der Waals surface area contributed by atoms with Gasteiger partial charge in [0.05, 0.1) is 19.4 Å². The highest BCUT2D eigenvalue weighted by atomic mass is 19.1. The van der Waals surface area contributed by atoms with Gasteiger partial charge in [0.2, 0.25) is 0 Å². The van der Waals surface area contributed by atoms with E-state index in [1.54, 1.807) is 24.5 Å². The van der Waals surface area contributed by atoms with Crippen LogP contribution >= 0.6 is 0 Å². The van der Waals surface area contributed by atoms with Crippen LogP contribution in [0.3, 0.4) is 0 Å². The summed E-state index contributed by atoms with van der Waals surface area (Å²) >= 11 is 0. The Morgan fingerprint density at radius 3 is 2.42 bits per heavy atom. The van der Waals surface area contributed by atoms with Gasteiger partial charge in [0.25, 0.3) is 5.91 Å². The molecule has 0 aliphatic rings. The van der Waals surface area contributed by atoms with E-state index in [1.165, 1.54) is 12.1 Å². The second-order valence-corrected chi connectivity index (χ2v) is 7.20. The van der Waals surface area contributed by atoms with Crippen LogP contribution in [0.1, 0.15) is 33.1 Å². The number of benzene rings is 2. The molecule has 0 unspecified atom stereocenters. The summed E-state index contributed by atoms with van der Waals surface area (Å²) in [6.07, 6.45) is 1.65. The SMILES string of the molecule is O=C(NCc1ccc(F)cc1)c1cc(CN(Cc2ccccc2)Cc2ccco2)on1. The van der Waals surface area contributed by atoms with Crippen LogP contribution in [0.4, 0.5) is 4.39 Å². The van der Waals surface area contributed by atoms with E-state index in [9.17, 15) is 9.18 Å². The molecule has 0 aliphatic carbocycles. The number of amides is 1. The molecule has 0 radical (unpaired) electrons. The summed E-state index contributed by atoms with van der Waals surface area (Å²) in [7, 11) is 0. The van der Waals surface area contributed by atoms with E-state index in [0.717, 1.165) is 16.9 Å². The first kappa shape index (κ1) is 20.6. The van der Waals surface area contributed by atoms with Gasteiger partial charge >= 0.3 is 0 Å². The van der Waals surface area contributed by atoms with Crippen LogP contribution in [0.2, 0.25) is 0 Å². The smallest absolute Gasteiger partial charge is 0.273 e. The molecule has 1 amide bonds. The van der Waals surface area contributed by atoms with E-state index in [1.807, 2.05) is 30.3 Å². The Balaban J connectivity index is 1.39. The standard InChI is InChI=1S/C24H22FN3O3/c25-20-10-8-18(9-11-20)14-26-24(29)23-13-22(31-27-23)17-28(16-21-7-4-12-30-21)15-19-5-2-1-3-6-19/h1-13H,14-17H2,(H,26,29). The molecule has 0 atom stereocenters. The van der Waals surface area contributed by atoms with Crippen LogP contribution in [0.25, 0.3) is 0 Å². The molecule has 31 heavy (non-hydrogen) atoms. The lowest BCUT2D eigenvalue weighted by molar-refractivity contribution is 0.0941. The minimum absolute atomic E-state index is 0.203. The summed E-state index contributed by atoms with van der Waals surface area (Å²) in [6, 6.07) is 21.5. The molecule has 158 valence electrons. The molecule has 2 aromatic heterocycles. The molecule has 2 aromatic carbocycles. The molecule has 4 rings (SSSR count). The molecule has 0 spiro atoms. The molecule has 0 saturated heterocycles. The maximum Gasteiger partial charge on any atom is 0.273 e. The van der Waals surface area contributed by atoms with Crippen molar-refractivity contribution in [1.82, 2.24) is 15.4 Å². The van der Waals surface area contributed by atoms with Crippen molar-refractivity contribution in [3.05, 3.63) is 113 Å². The number of hydrogen-bond acceptors (Lipinski definition) is 5. The van der Waals surface area contributed by atoms with Gasteiger partial charge in [0.15, 0.2) is 11.5 Å². The fraction of sp³-hybridized carbons (Fsp3) is 0.167. The highest BCUT2D eigenvalue weighted by Gasteiger charge is 2.16. The Kier molecular flexibility index (Phi) is 6.54. The first-order valence-electron chi connectivity index (χ1n) is 9.92. The highest BCUT2D eigenvalue weighted by Crippen LogP contribution is 2.15. The molecule has 2 heterocycles. The van der Waals surface area contributed by atoms with E-state index < -0.39 is 0 Å². The maximum atomic E-state index is 13.0. The van der Waals surface area contributed by atoms with Crippen molar-refractivity contribution >= 4 is 5.91 Å². The fourth-order valence-electron chi connectivity index (χ4n) is 3.22. The molecule has 4 aromatic rings. The van der Waals surface area contributed by atoms with Crippen molar-refractivity contribution in [1.29, 1.82) is 0 Å². The van der Waals surface area contributed by atoms with Gasteiger partial charge in [-0.3, -0.25) is 9.69 Å². The number of hydrogen-bond donors (Lipinski definition) is 1. The second-order valence-electron chi connectivity index (χ2n) is 7.20. The van der Waals surface area contributed by atoms with Crippen molar-refractivity contribution in [2.45, 2.75) is 26.2 Å². The number of nitrogens with zero attached hydrogens (tertiary/aromatic N) is 2. The Morgan fingerprint density at radius 2 is 1.68 bits per heavy atom. The molecule has 1 N–H and O–H groups in total. The molecule has 6 nitrogen and oxygen atoms in total. The van der Waals surface area contributed by atoms with Crippen LogP contribution in [0.15, 0.2) is 88.0 Å². The Morgan fingerprint density at radius 1 is 0.903 bits per heavy atom. The molecule has 0 aliphatic heterocycles. The summed E-state index contributed by atoms with van der Waals surface area (Å²) in [5.74, 6) is 0.757. The van der Waals surface area contributed by atoms with Gasteiger partial charge in [-0.2, -0.15) is 0 Å². The number of rotatable bonds is 9. The number of carbonyl (C=O) groups excluding carboxylic acids is 1. The monoisotopic (exact) mass is 419 g/mol. The summed E-state index contributed by atoms with van der Waals surface area (Å²) < 4.78 is 23.9. The molecule has 7 heteroatoms. The lowest BCUT2D eigenvalue weighted by Crippen LogP contribution is -2.23. The highest BCUT2D eigenvalue weighted by molar-refractivity contribution is 5.92. The molecular formula is C24H22FN3O3. The molecule has 0 fully saturated rings. The van der Waals surface area contributed by atoms with Gasteiger partial charge in [-0.15, -0.1) is 0 Å². The van der Waals surface area contributed by atoms with Gasteiger partial charge in [0, 0.05) is 19.2 Å². The first-order valence-corrected chi connectivity index (χ1v) is 9.92. The van der Waals surface area contributed by atoms with Crippen LogP contribution in [-0.4, -0.2) is 16.0 Å². The van der Waals surface area contributed by atoms with Crippen molar-refractivity contribution in [2.75, 3.05) is 0 Å². The molecular weight excluding hydrogens is 397 g/mol. The Labute approximate surface area is 179 Å². The van der Waals surface area contributed by atoms with Crippen LogP contribution in [-0.2, 0) is 26.2 Å². The van der Waals surface area contributed by atoms with Crippen molar-refractivity contribution in [2.24, 2.45) is 0 Å². The number of aromatic nitrogens is 1. The quantitative estimate of drug-likeness (QED) is 0.431. The van der Waals surface area contributed by atoms with Gasteiger partial charge in [-0.1, -0.05) is 47.6 Å². The zero-order valence-corrected chi connectivity index (χ0v) is 16.8. The minimum Gasteiger partial charge on any atom is -0.468 e. The van der Waals surface area contributed by atoms with E-state index in [0.29, 0.717) is 25.4 Å². The van der Waals surface area contributed by atoms with Gasteiger partial charge in [-0.25, -0.2) is 4.39 Å². The van der Waals surface area contributed by atoms with Gasteiger partial charge < -0.3 is 14.3 Å². The van der Waals surface area contributed by atoms with E-state index in [2.05, 4.69) is 27.5 Å².